The Morgan fingerprint density at radius 3 is 3.00 bits per heavy atom. The van der Waals surface area contributed by atoms with Crippen molar-refractivity contribution in [3.05, 3.63) is 54.6 Å². The van der Waals surface area contributed by atoms with Gasteiger partial charge in [0.05, 0.1) is 23.6 Å². The topological polar surface area (TPSA) is 95.4 Å². The molecule has 2 N–H and O–H groups in total. The summed E-state index contributed by atoms with van der Waals surface area (Å²) in [5.41, 5.74) is 1.82. The van der Waals surface area contributed by atoms with Crippen LogP contribution in [0.4, 0.5) is 0 Å². The maximum absolute atomic E-state index is 13.3. The normalized spacial score (nSPS) is 22.8. The molecule has 0 aromatic carbocycles. The highest BCUT2D eigenvalue weighted by molar-refractivity contribution is 6.00. The third-order valence-electron chi connectivity index (χ3n) is 6.61. The number of imidazole rings is 2. The molecule has 0 spiro atoms. The zero-order chi connectivity index (χ0) is 20.7. The fourth-order valence-corrected chi connectivity index (χ4v) is 4.57. The van der Waals surface area contributed by atoms with Crippen LogP contribution in [0, 0.1) is 11.3 Å². The molecule has 4 heterocycles. The summed E-state index contributed by atoms with van der Waals surface area (Å²) in [6, 6.07) is 3.61. The number of aromatic nitrogens is 4. The Balaban J connectivity index is 1.36. The van der Waals surface area contributed by atoms with Crippen LogP contribution in [0.15, 0.2) is 43.2 Å². The van der Waals surface area contributed by atoms with Gasteiger partial charge in [0.1, 0.15) is 0 Å². The molecule has 30 heavy (non-hydrogen) atoms. The SMILES string of the molecule is CC1(C[C@@H]2CCN(C(=O)c3cccn4cncc34)C[C@H]2NC(=O)c2ncc[nH]2)CC1. The van der Waals surface area contributed by atoms with Gasteiger partial charge in [-0.15, -0.1) is 0 Å². The molecule has 3 aromatic rings. The van der Waals surface area contributed by atoms with Crippen molar-refractivity contribution in [2.24, 2.45) is 11.3 Å². The predicted octanol–water partition coefficient (Wildman–Crippen LogP) is 2.51. The molecule has 2 amide bonds. The third-order valence-corrected chi connectivity index (χ3v) is 6.61. The van der Waals surface area contributed by atoms with Crippen molar-refractivity contribution >= 4 is 17.3 Å². The standard InChI is InChI=1S/C22H26N6O2/c1-22(5-6-22)11-15-4-10-27(13-17(15)26-20(29)19-24-7-8-25-19)21(30)16-3-2-9-28-14-23-12-18(16)28/h2-3,7-9,12,14-15,17H,4-6,10-11,13H2,1H3,(H,24,25)(H,26,29)/t15-,17+/m0/s1. The molecule has 0 unspecified atom stereocenters. The van der Waals surface area contributed by atoms with Crippen LogP contribution < -0.4 is 5.32 Å². The van der Waals surface area contributed by atoms with Gasteiger partial charge in [-0.25, -0.2) is 9.97 Å². The van der Waals surface area contributed by atoms with Gasteiger partial charge in [-0.3, -0.25) is 9.59 Å². The Morgan fingerprint density at radius 1 is 1.37 bits per heavy atom. The van der Waals surface area contributed by atoms with E-state index in [0.717, 1.165) is 18.4 Å². The van der Waals surface area contributed by atoms with Crippen LogP contribution in [-0.4, -0.2) is 55.2 Å². The molecule has 3 aromatic heterocycles. The van der Waals surface area contributed by atoms with E-state index >= 15 is 0 Å². The lowest BCUT2D eigenvalue weighted by Gasteiger charge is -2.40. The van der Waals surface area contributed by atoms with Crippen LogP contribution in [0.1, 0.15) is 53.6 Å². The molecular weight excluding hydrogens is 380 g/mol. The minimum atomic E-state index is -0.219. The average Bonchev–Trinajstić information content (AvgIpc) is 3.18. The van der Waals surface area contributed by atoms with Gasteiger partial charge in [0.15, 0.2) is 5.82 Å². The fourth-order valence-electron chi connectivity index (χ4n) is 4.57. The van der Waals surface area contributed by atoms with Crippen LogP contribution in [0.5, 0.6) is 0 Å². The number of carbonyl (C=O) groups is 2. The highest BCUT2D eigenvalue weighted by atomic mass is 16.2. The average molecular weight is 406 g/mol. The molecule has 1 aliphatic carbocycles. The van der Waals surface area contributed by atoms with Gasteiger partial charge >= 0.3 is 0 Å². The number of rotatable bonds is 5. The van der Waals surface area contributed by atoms with Crippen molar-refractivity contribution in [1.29, 1.82) is 0 Å². The van der Waals surface area contributed by atoms with Crippen molar-refractivity contribution in [3.8, 4) is 0 Å². The van der Waals surface area contributed by atoms with E-state index in [0.29, 0.717) is 35.8 Å². The minimum Gasteiger partial charge on any atom is -0.345 e. The molecule has 8 nitrogen and oxygen atoms in total. The van der Waals surface area contributed by atoms with Crippen molar-refractivity contribution in [1.82, 2.24) is 29.6 Å². The van der Waals surface area contributed by atoms with Crippen LogP contribution in [0.2, 0.25) is 0 Å². The number of H-pyrrole nitrogens is 1. The Bertz CT molecular complexity index is 1070. The van der Waals surface area contributed by atoms with E-state index in [1.807, 2.05) is 27.6 Å². The molecular formula is C22H26N6O2. The van der Waals surface area contributed by atoms with Crippen molar-refractivity contribution in [3.63, 3.8) is 0 Å². The highest BCUT2D eigenvalue weighted by Crippen LogP contribution is 2.51. The third kappa shape index (κ3) is 3.58. The number of pyridine rings is 1. The molecule has 2 aliphatic rings. The molecule has 156 valence electrons. The summed E-state index contributed by atoms with van der Waals surface area (Å²) in [7, 11) is 0. The molecule has 1 saturated heterocycles. The fraction of sp³-hybridized carbons (Fsp3) is 0.455. The molecule has 1 aliphatic heterocycles. The quantitative estimate of drug-likeness (QED) is 0.681. The second-order valence-corrected chi connectivity index (χ2v) is 8.94. The van der Waals surface area contributed by atoms with E-state index in [9.17, 15) is 9.59 Å². The number of likely N-dealkylation sites (tertiary alicyclic amines) is 1. The number of aromatic amines is 1. The number of nitrogens with one attached hydrogen (secondary N) is 2. The van der Waals surface area contributed by atoms with E-state index in [4.69, 9.17) is 0 Å². The largest absolute Gasteiger partial charge is 0.345 e. The summed E-state index contributed by atoms with van der Waals surface area (Å²) in [6.45, 7) is 3.51. The molecule has 0 radical (unpaired) electrons. The Kier molecular flexibility index (Phi) is 4.56. The van der Waals surface area contributed by atoms with Gasteiger partial charge in [-0.2, -0.15) is 0 Å². The van der Waals surface area contributed by atoms with Gasteiger partial charge < -0.3 is 19.6 Å². The van der Waals surface area contributed by atoms with Crippen molar-refractivity contribution in [2.75, 3.05) is 13.1 Å². The number of hydrogen-bond acceptors (Lipinski definition) is 4. The zero-order valence-electron chi connectivity index (χ0n) is 17.0. The number of amides is 2. The van der Waals surface area contributed by atoms with Gasteiger partial charge in [-0.1, -0.05) is 6.92 Å². The van der Waals surface area contributed by atoms with E-state index < -0.39 is 0 Å². The maximum atomic E-state index is 13.3. The van der Waals surface area contributed by atoms with E-state index in [1.54, 1.807) is 24.9 Å². The van der Waals surface area contributed by atoms with E-state index in [1.165, 1.54) is 12.8 Å². The first-order chi connectivity index (χ1) is 14.5. The van der Waals surface area contributed by atoms with E-state index in [2.05, 4.69) is 27.2 Å². The lowest BCUT2D eigenvalue weighted by atomic mass is 9.82. The van der Waals surface area contributed by atoms with Crippen LogP contribution in [0.25, 0.3) is 5.52 Å². The van der Waals surface area contributed by atoms with E-state index in [-0.39, 0.29) is 17.9 Å². The summed E-state index contributed by atoms with van der Waals surface area (Å²) < 4.78 is 1.85. The van der Waals surface area contributed by atoms with Crippen LogP contribution in [-0.2, 0) is 0 Å². The first-order valence-electron chi connectivity index (χ1n) is 10.5. The maximum Gasteiger partial charge on any atom is 0.287 e. The zero-order valence-corrected chi connectivity index (χ0v) is 17.0. The van der Waals surface area contributed by atoms with Crippen LogP contribution >= 0.6 is 0 Å². The smallest absolute Gasteiger partial charge is 0.287 e. The van der Waals surface area contributed by atoms with Crippen molar-refractivity contribution < 1.29 is 9.59 Å². The molecule has 5 rings (SSSR count). The number of piperidine rings is 1. The second-order valence-electron chi connectivity index (χ2n) is 8.94. The summed E-state index contributed by atoms with van der Waals surface area (Å²) in [5.74, 6) is 0.419. The monoisotopic (exact) mass is 406 g/mol. The minimum absolute atomic E-state index is 0.0190. The van der Waals surface area contributed by atoms with Crippen LogP contribution in [0.3, 0.4) is 0 Å². The molecule has 2 atom stereocenters. The number of carbonyl (C=O) groups excluding carboxylic acids is 2. The second kappa shape index (κ2) is 7.27. The Labute approximate surface area is 174 Å². The van der Waals surface area contributed by atoms with Crippen molar-refractivity contribution in [2.45, 2.75) is 38.6 Å². The van der Waals surface area contributed by atoms with Gasteiger partial charge in [0, 0.05) is 37.7 Å². The first-order valence-corrected chi connectivity index (χ1v) is 10.5. The number of nitrogens with zero attached hydrogens (tertiary/aromatic N) is 4. The number of fused-ring (bicyclic) bond motifs is 1. The van der Waals surface area contributed by atoms with Gasteiger partial charge in [0.2, 0.25) is 0 Å². The molecule has 8 heteroatoms. The summed E-state index contributed by atoms with van der Waals surface area (Å²) in [5, 5.41) is 3.15. The summed E-state index contributed by atoms with van der Waals surface area (Å²) in [4.78, 5) is 38.9. The van der Waals surface area contributed by atoms with Gasteiger partial charge in [0.25, 0.3) is 11.8 Å². The highest BCUT2D eigenvalue weighted by Gasteiger charge is 2.43. The lowest BCUT2D eigenvalue weighted by Crippen LogP contribution is -2.54. The Morgan fingerprint density at radius 2 is 2.23 bits per heavy atom. The van der Waals surface area contributed by atoms with Gasteiger partial charge in [-0.05, 0) is 49.1 Å². The Hall–Kier alpha value is -3.16. The summed E-state index contributed by atoms with van der Waals surface area (Å²) in [6.07, 6.45) is 13.0. The first kappa shape index (κ1) is 18.8. The molecule has 1 saturated carbocycles. The molecule has 0 bridgehead atoms. The molecule has 2 fully saturated rings. The predicted molar refractivity (Wildman–Crippen MR) is 111 cm³/mol. The number of hydrogen-bond donors (Lipinski definition) is 2. The summed E-state index contributed by atoms with van der Waals surface area (Å²) >= 11 is 0. The lowest BCUT2D eigenvalue weighted by molar-refractivity contribution is 0.0588.